The number of pyridine rings is 1. The summed E-state index contributed by atoms with van der Waals surface area (Å²) in [7, 11) is 0. The molecule has 1 spiro atoms. The maximum absolute atomic E-state index is 13.1. The smallest absolute Gasteiger partial charge is 0.425 e. The van der Waals surface area contributed by atoms with Crippen LogP contribution in [0.15, 0.2) is 18.3 Å². The Kier molecular flexibility index (Phi) is 6.67. The number of carbonyl (C=O) groups excluding carboxylic acids is 1. The largest absolute Gasteiger partial charge is 0.465 e. The first-order valence-electron chi connectivity index (χ1n) is 10.1. The minimum atomic E-state index is -4.53. The van der Waals surface area contributed by atoms with Gasteiger partial charge in [0.05, 0.1) is 29.5 Å². The fourth-order valence-corrected chi connectivity index (χ4v) is 4.08. The van der Waals surface area contributed by atoms with Gasteiger partial charge in [-0.25, -0.2) is 4.98 Å². The lowest BCUT2D eigenvalue weighted by Gasteiger charge is -2.40. The molecule has 1 aromatic rings. The van der Waals surface area contributed by atoms with E-state index < -0.39 is 42.7 Å². The number of rotatable bonds is 6. The van der Waals surface area contributed by atoms with E-state index >= 15 is 0 Å². The Balaban J connectivity index is 1.58. The molecule has 1 N–H and O–H groups in total. The summed E-state index contributed by atoms with van der Waals surface area (Å²) < 4.78 is 83.9. The number of halogens is 6. The van der Waals surface area contributed by atoms with Gasteiger partial charge in [-0.15, -0.1) is 0 Å². The summed E-state index contributed by atoms with van der Waals surface area (Å²) in [6.45, 7) is -0.672. The third-order valence-corrected chi connectivity index (χ3v) is 6.08. The summed E-state index contributed by atoms with van der Waals surface area (Å²) in [5, 5.41) is 10.5. The Labute approximate surface area is 180 Å². The van der Waals surface area contributed by atoms with Crippen molar-refractivity contribution in [2.24, 2.45) is 5.41 Å². The topological polar surface area (TPSA) is 71.9 Å². The van der Waals surface area contributed by atoms with E-state index in [0.29, 0.717) is 31.5 Å². The Hall–Kier alpha value is -2.08. The van der Waals surface area contributed by atoms with Crippen molar-refractivity contribution in [3.05, 3.63) is 18.3 Å². The first kappa shape index (κ1) is 24.6. The van der Waals surface area contributed by atoms with E-state index in [1.807, 2.05) is 0 Å². The average Bonchev–Trinajstić information content (AvgIpc) is 3.00. The van der Waals surface area contributed by atoms with Crippen LogP contribution in [0.2, 0.25) is 0 Å². The minimum absolute atomic E-state index is 0.130. The number of hydrogen-bond donors (Lipinski definition) is 1. The summed E-state index contributed by atoms with van der Waals surface area (Å²) in [6, 6.07) is 2.71. The lowest BCUT2D eigenvalue weighted by molar-refractivity contribution is -0.191. The standard InChI is InChI=1S/C20H24F6N2O4/c1-13(20(24,25)26)32-15-3-2-14(10-27-15)28-9-8-17(16(28)29)4-6-18(30,7-5-17)11-31-12-19(21,22)23/h2-3,10,13,30H,4-9,11-12H2,1H3/t13-,17?,18?/m1/s1. The highest BCUT2D eigenvalue weighted by Gasteiger charge is 2.52. The maximum atomic E-state index is 13.1. The molecule has 1 aliphatic carbocycles. The first-order valence-corrected chi connectivity index (χ1v) is 10.1. The Morgan fingerprint density at radius 3 is 2.31 bits per heavy atom. The molecule has 0 bridgehead atoms. The van der Waals surface area contributed by atoms with Crippen LogP contribution in [0.25, 0.3) is 0 Å². The molecule has 1 amide bonds. The van der Waals surface area contributed by atoms with Gasteiger partial charge in [-0.2, -0.15) is 26.3 Å². The fraction of sp³-hybridized carbons (Fsp3) is 0.700. The van der Waals surface area contributed by atoms with Gasteiger partial charge in [0.25, 0.3) is 0 Å². The molecule has 12 heteroatoms. The Bertz CT molecular complexity index is 804. The zero-order valence-electron chi connectivity index (χ0n) is 17.3. The number of amides is 1. The summed E-state index contributed by atoms with van der Waals surface area (Å²) >= 11 is 0. The molecule has 1 aromatic heterocycles. The van der Waals surface area contributed by atoms with Crippen LogP contribution in [0.4, 0.5) is 32.0 Å². The van der Waals surface area contributed by atoms with Crippen molar-refractivity contribution in [2.75, 3.05) is 24.7 Å². The van der Waals surface area contributed by atoms with Crippen molar-refractivity contribution in [3.8, 4) is 5.88 Å². The van der Waals surface area contributed by atoms with E-state index in [9.17, 15) is 36.2 Å². The van der Waals surface area contributed by atoms with Gasteiger partial charge in [-0.05, 0) is 45.1 Å². The van der Waals surface area contributed by atoms with Gasteiger partial charge in [0, 0.05) is 12.6 Å². The number of aliphatic hydroxyl groups is 1. The van der Waals surface area contributed by atoms with E-state index in [1.165, 1.54) is 23.2 Å². The van der Waals surface area contributed by atoms with Crippen molar-refractivity contribution in [2.45, 2.75) is 63.1 Å². The van der Waals surface area contributed by atoms with Crippen LogP contribution in [0.1, 0.15) is 39.0 Å². The van der Waals surface area contributed by atoms with Crippen molar-refractivity contribution >= 4 is 11.6 Å². The van der Waals surface area contributed by atoms with Crippen molar-refractivity contribution in [3.63, 3.8) is 0 Å². The van der Waals surface area contributed by atoms with Gasteiger partial charge < -0.3 is 19.5 Å². The van der Waals surface area contributed by atoms with Gasteiger partial charge in [0.15, 0.2) is 6.10 Å². The third-order valence-electron chi connectivity index (χ3n) is 6.08. The molecule has 0 radical (unpaired) electrons. The van der Waals surface area contributed by atoms with Gasteiger partial charge in [-0.3, -0.25) is 4.79 Å². The van der Waals surface area contributed by atoms with E-state index in [-0.39, 0.29) is 24.6 Å². The number of anilines is 1. The summed E-state index contributed by atoms with van der Waals surface area (Å²) in [4.78, 5) is 18.4. The van der Waals surface area contributed by atoms with Gasteiger partial charge in [0.1, 0.15) is 6.61 Å². The molecule has 1 atom stereocenters. The zero-order chi connectivity index (χ0) is 23.8. The van der Waals surface area contributed by atoms with Gasteiger partial charge in [-0.1, -0.05) is 0 Å². The molecule has 0 aromatic carbocycles. The molecule has 180 valence electrons. The van der Waals surface area contributed by atoms with Crippen LogP contribution in [0, 0.1) is 5.41 Å². The van der Waals surface area contributed by atoms with Crippen LogP contribution in [-0.4, -0.2) is 59.8 Å². The van der Waals surface area contributed by atoms with Crippen LogP contribution in [-0.2, 0) is 9.53 Å². The van der Waals surface area contributed by atoms with Gasteiger partial charge >= 0.3 is 12.4 Å². The highest BCUT2D eigenvalue weighted by molar-refractivity contribution is 5.99. The van der Waals surface area contributed by atoms with Gasteiger partial charge in [0.2, 0.25) is 11.8 Å². The second kappa shape index (κ2) is 8.69. The predicted octanol–water partition coefficient (Wildman–Crippen LogP) is 4.02. The van der Waals surface area contributed by atoms with Crippen LogP contribution < -0.4 is 9.64 Å². The third kappa shape index (κ3) is 5.64. The number of ether oxygens (including phenoxy) is 2. The van der Waals surface area contributed by atoms with Crippen molar-refractivity contribution in [1.29, 1.82) is 0 Å². The number of alkyl halides is 6. The molecule has 6 nitrogen and oxygen atoms in total. The highest BCUT2D eigenvalue weighted by atomic mass is 19.4. The second-order valence-electron chi connectivity index (χ2n) is 8.48. The number of nitrogens with zero attached hydrogens (tertiary/aromatic N) is 2. The van der Waals surface area contributed by atoms with Crippen LogP contribution >= 0.6 is 0 Å². The summed E-state index contributed by atoms with van der Waals surface area (Å²) in [5.41, 5.74) is -1.75. The molecule has 1 saturated heterocycles. The maximum Gasteiger partial charge on any atom is 0.425 e. The lowest BCUT2D eigenvalue weighted by Crippen LogP contribution is -2.46. The molecule has 0 unspecified atom stereocenters. The lowest BCUT2D eigenvalue weighted by atomic mass is 9.68. The Morgan fingerprint density at radius 2 is 1.78 bits per heavy atom. The van der Waals surface area contributed by atoms with E-state index in [4.69, 9.17) is 4.74 Å². The molecular weight excluding hydrogens is 446 g/mol. The predicted molar refractivity (Wildman–Crippen MR) is 100 cm³/mol. The number of carbonyl (C=O) groups is 1. The minimum Gasteiger partial charge on any atom is -0.465 e. The van der Waals surface area contributed by atoms with E-state index in [2.05, 4.69) is 9.72 Å². The highest BCUT2D eigenvalue weighted by Crippen LogP contribution is 2.48. The molecular formula is C20H24F6N2O4. The van der Waals surface area contributed by atoms with E-state index in [1.54, 1.807) is 0 Å². The van der Waals surface area contributed by atoms with Crippen LogP contribution in [0.3, 0.4) is 0 Å². The monoisotopic (exact) mass is 470 g/mol. The normalized spacial score (nSPS) is 27.8. The SMILES string of the molecule is C[C@@H](Oc1ccc(N2CCC3(CCC(O)(COCC(F)(F)F)CC3)C2=O)cn1)C(F)(F)F. The fourth-order valence-electron chi connectivity index (χ4n) is 4.08. The summed E-state index contributed by atoms with van der Waals surface area (Å²) in [5.74, 6) is -0.420. The molecule has 32 heavy (non-hydrogen) atoms. The molecule has 2 fully saturated rings. The second-order valence-corrected chi connectivity index (χ2v) is 8.48. The molecule has 1 saturated carbocycles. The van der Waals surface area contributed by atoms with Crippen molar-refractivity contribution in [1.82, 2.24) is 4.98 Å². The molecule has 1 aliphatic heterocycles. The van der Waals surface area contributed by atoms with E-state index in [0.717, 1.165) is 6.92 Å². The number of aromatic nitrogens is 1. The Morgan fingerprint density at radius 1 is 1.12 bits per heavy atom. The molecule has 2 heterocycles. The zero-order valence-corrected chi connectivity index (χ0v) is 17.3. The van der Waals surface area contributed by atoms with Crippen molar-refractivity contribution < 1.29 is 45.7 Å². The quantitative estimate of drug-likeness (QED) is 0.636. The molecule has 2 aliphatic rings. The average molecular weight is 470 g/mol. The van der Waals surface area contributed by atoms with Crippen LogP contribution in [0.5, 0.6) is 5.88 Å². The molecule has 3 rings (SSSR count). The first-order chi connectivity index (χ1) is 14.7. The summed E-state index contributed by atoms with van der Waals surface area (Å²) in [6.07, 6.45) is -8.42. The number of hydrogen-bond acceptors (Lipinski definition) is 5.